The first-order valence-electron chi connectivity index (χ1n) is 10.7. The van der Waals surface area contributed by atoms with Gasteiger partial charge in [-0.05, 0) is 36.2 Å². The molecule has 0 spiro atoms. The molecular weight excluding hydrogens is 396 g/mol. The van der Waals surface area contributed by atoms with E-state index < -0.39 is 52.7 Å². The summed E-state index contributed by atoms with van der Waals surface area (Å²) >= 11 is 6.71. The Morgan fingerprint density at radius 1 is 1.07 bits per heavy atom. The van der Waals surface area contributed by atoms with Crippen LogP contribution in [0.3, 0.4) is 0 Å². The molecule has 2 aliphatic carbocycles. The number of hydrogen-bond acceptors (Lipinski definition) is 6. The van der Waals surface area contributed by atoms with Crippen molar-refractivity contribution in [2.75, 3.05) is 0 Å². The summed E-state index contributed by atoms with van der Waals surface area (Å²) in [5.41, 5.74) is -1.56. The number of esters is 1. The fraction of sp³-hybridized carbons (Fsp3) is 0.864. The average molecular weight is 427 g/mol. The van der Waals surface area contributed by atoms with Crippen LogP contribution in [-0.2, 0) is 19.0 Å². The zero-order valence-corrected chi connectivity index (χ0v) is 18.3. The Balaban J connectivity index is 1.68. The van der Waals surface area contributed by atoms with Crippen LogP contribution in [0.4, 0.5) is 0 Å². The van der Waals surface area contributed by atoms with E-state index in [4.69, 9.17) is 25.8 Å². The maximum Gasteiger partial charge on any atom is 0.312 e. The molecule has 0 aromatic carbocycles. The first-order chi connectivity index (χ1) is 13.5. The Morgan fingerprint density at radius 3 is 2.38 bits per heavy atom. The van der Waals surface area contributed by atoms with E-state index in [0.29, 0.717) is 5.57 Å². The number of fused-ring (bicyclic) bond motifs is 5. The summed E-state index contributed by atoms with van der Waals surface area (Å²) in [7, 11) is 0. The van der Waals surface area contributed by atoms with Crippen molar-refractivity contribution < 1.29 is 29.2 Å². The number of epoxide rings is 2. The van der Waals surface area contributed by atoms with Crippen molar-refractivity contribution in [3.05, 3.63) is 12.2 Å². The van der Waals surface area contributed by atoms with Crippen LogP contribution in [0, 0.1) is 35.0 Å². The molecule has 5 fully saturated rings. The largest absolute Gasteiger partial charge is 0.457 e. The van der Waals surface area contributed by atoms with Gasteiger partial charge in [-0.15, -0.1) is 11.6 Å². The van der Waals surface area contributed by atoms with Crippen molar-refractivity contribution in [1.82, 2.24) is 0 Å². The van der Waals surface area contributed by atoms with Gasteiger partial charge in [-0.25, -0.2) is 0 Å². The minimum absolute atomic E-state index is 0.0986. The molecule has 3 heterocycles. The third-order valence-corrected chi connectivity index (χ3v) is 9.75. The van der Waals surface area contributed by atoms with Gasteiger partial charge in [-0.3, -0.25) is 4.79 Å². The van der Waals surface area contributed by atoms with Gasteiger partial charge >= 0.3 is 5.97 Å². The number of aliphatic hydroxyl groups excluding tert-OH is 1. The lowest BCUT2D eigenvalue weighted by molar-refractivity contribution is -0.163. The number of rotatable bonds is 0. The highest BCUT2D eigenvalue weighted by molar-refractivity contribution is 6.23. The van der Waals surface area contributed by atoms with Gasteiger partial charge in [0.05, 0.1) is 29.6 Å². The highest BCUT2D eigenvalue weighted by Gasteiger charge is 2.74. The quantitative estimate of drug-likeness (QED) is 0.266. The molecule has 162 valence electrons. The fourth-order valence-corrected chi connectivity index (χ4v) is 7.50. The van der Waals surface area contributed by atoms with Crippen molar-refractivity contribution >= 4 is 17.6 Å². The molecule has 7 heteroatoms. The summed E-state index contributed by atoms with van der Waals surface area (Å²) < 4.78 is 17.6. The normalized spacial score (nSPS) is 63.6. The number of ether oxygens (including phenoxy) is 3. The summed E-state index contributed by atoms with van der Waals surface area (Å²) in [6, 6.07) is 0. The van der Waals surface area contributed by atoms with Crippen LogP contribution in [0.5, 0.6) is 0 Å². The van der Waals surface area contributed by atoms with Gasteiger partial charge < -0.3 is 24.4 Å². The Kier molecular flexibility index (Phi) is 4.17. The van der Waals surface area contributed by atoms with E-state index in [1.165, 1.54) is 0 Å². The molecule has 0 aromatic heterocycles. The van der Waals surface area contributed by atoms with Crippen molar-refractivity contribution in [3.8, 4) is 0 Å². The first kappa shape index (κ1) is 20.3. The Bertz CT molecular complexity index is 772. The van der Waals surface area contributed by atoms with Gasteiger partial charge in [0.15, 0.2) is 6.10 Å². The van der Waals surface area contributed by atoms with E-state index in [9.17, 15) is 15.0 Å². The third kappa shape index (κ3) is 2.30. The smallest absolute Gasteiger partial charge is 0.312 e. The maximum absolute atomic E-state index is 12.6. The van der Waals surface area contributed by atoms with Crippen LogP contribution in [-0.4, -0.2) is 63.8 Å². The molecule has 0 aromatic rings. The number of hydrogen-bond donors (Lipinski definition) is 2. The Morgan fingerprint density at radius 2 is 1.72 bits per heavy atom. The van der Waals surface area contributed by atoms with Gasteiger partial charge in [0, 0.05) is 5.41 Å². The van der Waals surface area contributed by atoms with Crippen molar-refractivity contribution in [1.29, 1.82) is 0 Å². The lowest BCUT2D eigenvalue weighted by Crippen LogP contribution is -2.63. The molecule has 14 atom stereocenters. The molecule has 0 radical (unpaired) electrons. The molecule has 29 heavy (non-hydrogen) atoms. The number of carbonyl (C=O) groups excluding carboxylic acids is 1. The summed E-state index contributed by atoms with van der Waals surface area (Å²) in [4.78, 5) is 12.6. The average Bonchev–Trinajstić information content (AvgIpc) is 3.59. The fourth-order valence-electron chi connectivity index (χ4n) is 7.13. The minimum Gasteiger partial charge on any atom is -0.457 e. The molecule has 0 unspecified atom stereocenters. The molecular formula is C22H31ClO6. The van der Waals surface area contributed by atoms with Gasteiger partial charge in [0.1, 0.15) is 17.8 Å². The van der Waals surface area contributed by atoms with E-state index >= 15 is 0 Å². The van der Waals surface area contributed by atoms with Crippen LogP contribution in [0.1, 0.15) is 34.6 Å². The molecule has 2 N–H and O–H groups in total. The van der Waals surface area contributed by atoms with E-state index in [2.05, 4.69) is 20.4 Å². The van der Waals surface area contributed by atoms with Gasteiger partial charge in [0.25, 0.3) is 0 Å². The van der Waals surface area contributed by atoms with E-state index in [1.54, 1.807) is 6.92 Å². The molecule has 0 bridgehead atoms. The molecule has 3 saturated heterocycles. The predicted molar refractivity (Wildman–Crippen MR) is 105 cm³/mol. The van der Waals surface area contributed by atoms with Gasteiger partial charge in [0.2, 0.25) is 0 Å². The highest BCUT2D eigenvalue weighted by atomic mass is 35.5. The van der Waals surface area contributed by atoms with E-state index in [-0.39, 0.29) is 35.9 Å². The first-order valence-corrected chi connectivity index (χ1v) is 11.2. The number of halogens is 1. The van der Waals surface area contributed by atoms with Gasteiger partial charge in [-0.2, -0.15) is 0 Å². The molecule has 2 saturated carbocycles. The van der Waals surface area contributed by atoms with Crippen LogP contribution in [0.2, 0.25) is 0 Å². The molecule has 0 amide bonds. The summed E-state index contributed by atoms with van der Waals surface area (Å²) in [5, 5.41) is 22.7. The maximum atomic E-state index is 12.6. The van der Waals surface area contributed by atoms with Gasteiger partial charge in [-0.1, -0.05) is 34.3 Å². The van der Waals surface area contributed by atoms with E-state index in [0.717, 1.165) is 0 Å². The standard InChI is InChI=1S/C22H31ClO6/c1-7-8(2)15-19(28-15)21(6)12(7)10(4)22(26)11(5)20(25)29-18(22)13(23)9(3)14-16(27-14)17(21)24/h7-8,10-19,24,26H,3H2,1-2,4-6H3/t7-,8+,10-,11-,12+,13-,14+,15-,16+,17-,18-,19-,21-,22-/m0/s1. The highest BCUT2D eigenvalue weighted by Crippen LogP contribution is 2.65. The predicted octanol–water partition coefficient (Wildman–Crippen LogP) is 1.90. The lowest BCUT2D eigenvalue weighted by Gasteiger charge is -2.54. The SMILES string of the molecule is C=C1[C@H]2O[C@H]2[C@H](O)[C@]2(C)[C@H]([C@@H](C)[C@@H](C)[C@@H]3O[C@@H]32)[C@H](C)[C@]2(O)[C@@H](C)C(=O)O[C@H]2[C@H]1Cl. The zero-order valence-electron chi connectivity index (χ0n) is 17.5. The number of carbonyl (C=O) groups is 1. The second kappa shape index (κ2) is 5.98. The van der Waals surface area contributed by atoms with Crippen molar-refractivity contribution in [2.24, 2.45) is 35.0 Å². The second-order valence-corrected chi connectivity index (χ2v) is 10.8. The van der Waals surface area contributed by atoms with Crippen LogP contribution in [0.25, 0.3) is 0 Å². The monoisotopic (exact) mass is 426 g/mol. The number of alkyl halides is 1. The van der Waals surface area contributed by atoms with E-state index in [1.807, 2.05) is 13.8 Å². The lowest BCUT2D eigenvalue weighted by atomic mass is 9.50. The third-order valence-electron chi connectivity index (χ3n) is 9.24. The van der Waals surface area contributed by atoms with Crippen LogP contribution >= 0.6 is 11.6 Å². The topological polar surface area (TPSA) is 91.8 Å². The molecule has 6 nitrogen and oxygen atoms in total. The Labute approximate surface area is 176 Å². The van der Waals surface area contributed by atoms with Crippen molar-refractivity contribution in [3.63, 3.8) is 0 Å². The summed E-state index contributed by atoms with van der Waals surface area (Å²) in [6.45, 7) is 14.1. The summed E-state index contributed by atoms with van der Waals surface area (Å²) in [6.07, 6.45) is -2.51. The number of aliphatic hydroxyl groups is 2. The molecule has 5 rings (SSSR count). The van der Waals surface area contributed by atoms with Crippen LogP contribution in [0.15, 0.2) is 12.2 Å². The summed E-state index contributed by atoms with van der Waals surface area (Å²) in [5.74, 6) is -1.21. The van der Waals surface area contributed by atoms with Crippen molar-refractivity contribution in [2.45, 2.75) is 82.2 Å². The Hall–Kier alpha value is -0.660. The minimum atomic E-state index is -1.48. The second-order valence-electron chi connectivity index (χ2n) is 10.3. The zero-order chi connectivity index (χ0) is 21.2. The molecule has 3 aliphatic heterocycles. The molecule has 5 aliphatic rings. The van der Waals surface area contributed by atoms with Crippen LogP contribution < -0.4 is 0 Å².